The third-order valence-corrected chi connectivity index (χ3v) is 4.56. The predicted molar refractivity (Wildman–Crippen MR) is 112 cm³/mol. The molecule has 13 heteroatoms. The van der Waals surface area contributed by atoms with Gasteiger partial charge in [-0.2, -0.15) is 5.10 Å². The first-order chi connectivity index (χ1) is 15.7. The number of aromatic nitrogens is 2. The molecule has 0 saturated carbocycles. The Kier molecular flexibility index (Phi) is 7.08. The van der Waals surface area contributed by atoms with Crippen LogP contribution in [-0.2, 0) is 11.3 Å². The number of carbonyl (C=O) groups excluding carboxylic acids is 2. The van der Waals surface area contributed by atoms with Crippen molar-refractivity contribution in [1.82, 2.24) is 15.0 Å². The predicted octanol–water partition coefficient (Wildman–Crippen LogP) is 3.40. The van der Waals surface area contributed by atoms with Crippen molar-refractivity contribution in [3.63, 3.8) is 0 Å². The lowest BCUT2D eigenvalue weighted by molar-refractivity contribution is -0.392. The van der Waals surface area contributed by atoms with Gasteiger partial charge in [0.15, 0.2) is 24.0 Å². The number of hydrogen-bond donors (Lipinski definition) is 1. The number of nitro groups is 1. The van der Waals surface area contributed by atoms with Crippen LogP contribution in [0, 0.1) is 28.7 Å². The van der Waals surface area contributed by atoms with Gasteiger partial charge in [0, 0.05) is 6.92 Å². The molecule has 0 radical (unpaired) electrons. The first-order valence-corrected chi connectivity index (χ1v) is 9.48. The van der Waals surface area contributed by atoms with Crippen LogP contribution in [0.25, 0.3) is 0 Å². The molecule has 2 aromatic carbocycles. The fourth-order valence-corrected chi connectivity index (χ4v) is 2.85. The van der Waals surface area contributed by atoms with E-state index in [9.17, 15) is 28.5 Å². The van der Waals surface area contributed by atoms with Crippen molar-refractivity contribution in [1.29, 1.82) is 0 Å². The Morgan fingerprint density at radius 2 is 1.94 bits per heavy atom. The van der Waals surface area contributed by atoms with Gasteiger partial charge in [0.2, 0.25) is 0 Å². The molecule has 1 N–H and O–H groups in total. The molecule has 0 fully saturated rings. The van der Waals surface area contributed by atoms with Gasteiger partial charge in [-0.1, -0.05) is 11.6 Å². The summed E-state index contributed by atoms with van der Waals surface area (Å²) >= 11 is 5.75. The van der Waals surface area contributed by atoms with E-state index in [1.165, 1.54) is 37.4 Å². The van der Waals surface area contributed by atoms with Gasteiger partial charge in [-0.15, -0.1) is 0 Å². The highest BCUT2D eigenvalue weighted by atomic mass is 35.5. The molecule has 0 saturated heterocycles. The molecule has 33 heavy (non-hydrogen) atoms. The molecule has 170 valence electrons. The van der Waals surface area contributed by atoms with Crippen molar-refractivity contribution < 1.29 is 28.0 Å². The van der Waals surface area contributed by atoms with Gasteiger partial charge in [-0.05, 0) is 46.9 Å². The number of nitrogens with one attached hydrogen (secondary N) is 1. The smallest absolute Gasteiger partial charge is 0.345 e. The molecule has 0 atom stereocenters. The molecule has 0 unspecified atom stereocenters. The number of aryl methyl sites for hydroxylation is 1. The number of hydrogen-bond acceptors (Lipinski definition) is 7. The molecular formula is C20H14ClF2N5O5. The van der Waals surface area contributed by atoms with E-state index in [-0.39, 0.29) is 28.7 Å². The Balaban J connectivity index is 1.58. The first kappa shape index (κ1) is 23.5. The number of imidazole rings is 1. The van der Waals surface area contributed by atoms with E-state index in [2.05, 4.69) is 15.5 Å². The molecule has 3 aromatic rings. The average molecular weight is 478 g/mol. The second-order valence-electron chi connectivity index (χ2n) is 6.50. The summed E-state index contributed by atoms with van der Waals surface area (Å²) in [4.78, 5) is 38.2. The second kappa shape index (κ2) is 9.96. The lowest BCUT2D eigenvalue weighted by Crippen LogP contribution is -2.24. The molecule has 0 aliphatic rings. The maximum atomic E-state index is 13.3. The van der Waals surface area contributed by atoms with Gasteiger partial charge < -0.3 is 14.9 Å². The molecular weight excluding hydrogens is 464 g/mol. The number of carbonyl (C=O) groups is 2. The van der Waals surface area contributed by atoms with E-state index >= 15 is 0 Å². The van der Waals surface area contributed by atoms with Crippen molar-refractivity contribution in [2.24, 2.45) is 5.10 Å². The molecule has 0 bridgehead atoms. The Labute approximate surface area is 189 Å². The third kappa shape index (κ3) is 5.74. The minimum Gasteiger partial charge on any atom is -0.423 e. The van der Waals surface area contributed by atoms with Crippen LogP contribution in [0.4, 0.5) is 14.6 Å². The van der Waals surface area contributed by atoms with Crippen LogP contribution >= 0.6 is 11.6 Å². The van der Waals surface area contributed by atoms with E-state index in [0.717, 1.165) is 10.8 Å². The van der Waals surface area contributed by atoms with E-state index in [1.807, 2.05) is 0 Å². The van der Waals surface area contributed by atoms with Crippen LogP contribution in [0.5, 0.6) is 5.75 Å². The van der Waals surface area contributed by atoms with Gasteiger partial charge in [-0.3, -0.25) is 4.79 Å². The highest BCUT2D eigenvalue weighted by molar-refractivity contribution is 6.33. The largest absolute Gasteiger partial charge is 0.423 e. The zero-order valence-corrected chi connectivity index (χ0v) is 17.5. The topological polar surface area (TPSA) is 129 Å². The lowest BCUT2D eigenvalue weighted by atomic mass is 10.2. The molecule has 1 heterocycles. The number of amides is 1. The summed E-state index contributed by atoms with van der Waals surface area (Å²) in [5.74, 6) is -3.92. The maximum absolute atomic E-state index is 13.3. The highest BCUT2D eigenvalue weighted by Gasteiger charge is 2.20. The quantitative estimate of drug-likeness (QED) is 0.139. The van der Waals surface area contributed by atoms with Gasteiger partial charge in [0.1, 0.15) is 11.9 Å². The number of halogens is 3. The number of esters is 1. The maximum Gasteiger partial charge on any atom is 0.345 e. The normalized spacial score (nSPS) is 10.9. The van der Waals surface area contributed by atoms with Crippen molar-refractivity contribution in [2.45, 2.75) is 13.5 Å². The molecule has 0 aliphatic carbocycles. The summed E-state index contributed by atoms with van der Waals surface area (Å²) in [6.45, 7) is 1.18. The molecule has 1 aromatic heterocycles. The standard InChI is InChI=1S/C20H14ClF2N5O5/c1-11-24-9-19(28(31)32)27(11)10-18(29)26-25-8-12-2-4-13(5-3-12)33-20(30)14-6-16(22)17(23)7-15(14)21/h2-9H,10H2,1H3,(H,26,29). The fraction of sp³-hybridized carbons (Fsp3) is 0.100. The summed E-state index contributed by atoms with van der Waals surface area (Å²) in [5, 5.41) is 14.4. The summed E-state index contributed by atoms with van der Waals surface area (Å²) < 4.78 is 32.7. The highest BCUT2D eigenvalue weighted by Crippen LogP contribution is 2.22. The molecule has 1 amide bonds. The average Bonchev–Trinajstić information content (AvgIpc) is 3.12. The van der Waals surface area contributed by atoms with Gasteiger partial charge in [0.05, 0.1) is 16.8 Å². The lowest BCUT2D eigenvalue weighted by Gasteiger charge is -2.07. The Hall–Kier alpha value is -4.19. The van der Waals surface area contributed by atoms with Crippen LogP contribution in [-0.4, -0.2) is 32.6 Å². The van der Waals surface area contributed by atoms with Crippen molar-refractivity contribution in [3.05, 3.63) is 86.3 Å². The van der Waals surface area contributed by atoms with Crippen LogP contribution in [0.1, 0.15) is 21.7 Å². The number of hydrazone groups is 1. The molecule has 0 aliphatic heterocycles. The molecule has 10 nitrogen and oxygen atoms in total. The van der Waals surface area contributed by atoms with Gasteiger partial charge in [-0.25, -0.2) is 28.6 Å². The van der Waals surface area contributed by atoms with Gasteiger partial charge in [0.25, 0.3) is 5.91 Å². The summed E-state index contributed by atoms with van der Waals surface area (Å²) in [6.07, 6.45) is 2.35. The van der Waals surface area contributed by atoms with Crippen molar-refractivity contribution in [2.75, 3.05) is 0 Å². The SMILES string of the molecule is Cc1ncc([N+](=O)[O-])n1CC(=O)NN=Cc1ccc(OC(=O)c2cc(F)c(F)cc2Cl)cc1. The van der Waals surface area contributed by atoms with E-state index in [0.29, 0.717) is 23.5 Å². The first-order valence-electron chi connectivity index (χ1n) is 9.11. The zero-order valence-electron chi connectivity index (χ0n) is 16.8. The minimum absolute atomic E-state index is 0.102. The van der Waals surface area contributed by atoms with Gasteiger partial charge >= 0.3 is 11.8 Å². The number of nitrogens with zero attached hydrogens (tertiary/aromatic N) is 4. The van der Waals surface area contributed by atoms with Crippen LogP contribution in [0.3, 0.4) is 0 Å². The van der Waals surface area contributed by atoms with E-state index in [4.69, 9.17) is 16.3 Å². The Morgan fingerprint density at radius 3 is 2.61 bits per heavy atom. The third-order valence-electron chi connectivity index (χ3n) is 4.25. The summed E-state index contributed by atoms with van der Waals surface area (Å²) in [5.41, 5.74) is 2.42. The van der Waals surface area contributed by atoms with Crippen molar-refractivity contribution in [3.8, 4) is 5.75 Å². The number of rotatable bonds is 7. The second-order valence-corrected chi connectivity index (χ2v) is 6.91. The monoisotopic (exact) mass is 477 g/mol. The number of ether oxygens (including phenoxy) is 1. The van der Waals surface area contributed by atoms with Crippen molar-refractivity contribution >= 4 is 35.5 Å². The summed E-state index contributed by atoms with van der Waals surface area (Å²) in [6, 6.07) is 7.16. The van der Waals surface area contributed by atoms with Crippen LogP contribution in [0.2, 0.25) is 5.02 Å². The Bertz CT molecular complexity index is 1260. The van der Waals surface area contributed by atoms with Crippen LogP contribution < -0.4 is 10.2 Å². The summed E-state index contributed by atoms with van der Waals surface area (Å²) in [7, 11) is 0. The minimum atomic E-state index is -1.24. The Morgan fingerprint density at radius 1 is 1.27 bits per heavy atom. The fourth-order valence-electron chi connectivity index (χ4n) is 2.62. The van der Waals surface area contributed by atoms with E-state index < -0.39 is 28.4 Å². The number of benzene rings is 2. The van der Waals surface area contributed by atoms with Crippen LogP contribution in [0.15, 0.2) is 47.7 Å². The molecule has 3 rings (SSSR count). The molecule has 0 spiro atoms. The van der Waals surface area contributed by atoms with E-state index in [1.54, 1.807) is 0 Å². The zero-order chi connectivity index (χ0) is 24.1.